The number of halogens is 2. The lowest BCUT2D eigenvalue weighted by molar-refractivity contribution is -0.138. The second-order valence-electron chi connectivity index (χ2n) is 7.23. The molecule has 1 N–H and O–H groups in total. The molecule has 2 aromatic carbocycles. The molecule has 0 saturated heterocycles. The lowest BCUT2D eigenvalue weighted by Crippen LogP contribution is -2.50. The van der Waals surface area contributed by atoms with E-state index in [1.165, 1.54) is 11.8 Å². The summed E-state index contributed by atoms with van der Waals surface area (Å²) in [6, 6.07) is 14.9. The van der Waals surface area contributed by atoms with Crippen LogP contribution >= 0.6 is 39.3 Å². The first-order chi connectivity index (χ1) is 14.3. The van der Waals surface area contributed by atoms with Crippen LogP contribution in [0.5, 0.6) is 0 Å². The van der Waals surface area contributed by atoms with Gasteiger partial charge in [-0.3, -0.25) is 9.59 Å². The molecule has 2 aromatic rings. The Kier molecular flexibility index (Phi) is 10.2. The molecule has 30 heavy (non-hydrogen) atoms. The second-order valence-corrected chi connectivity index (χ2v) is 9.53. The van der Waals surface area contributed by atoms with Gasteiger partial charge in [-0.2, -0.15) is 0 Å². The zero-order valence-corrected chi connectivity index (χ0v) is 20.7. The fourth-order valence-corrected chi connectivity index (χ4v) is 4.24. The Hall–Kier alpha value is -1.50. The number of thioether (sulfide) groups is 1. The average Bonchev–Trinajstić information content (AvgIpc) is 2.73. The maximum absolute atomic E-state index is 13.1. The number of hydrogen-bond donors (Lipinski definition) is 1. The summed E-state index contributed by atoms with van der Waals surface area (Å²) >= 11 is 11.1. The number of benzene rings is 2. The summed E-state index contributed by atoms with van der Waals surface area (Å²) in [4.78, 5) is 27.4. The fraction of sp³-hybridized carbons (Fsp3) is 0.391. The van der Waals surface area contributed by atoms with Gasteiger partial charge in [0.15, 0.2) is 0 Å². The van der Waals surface area contributed by atoms with Gasteiger partial charge in [0.05, 0.1) is 5.75 Å². The summed E-state index contributed by atoms with van der Waals surface area (Å²) in [7, 11) is 0. The zero-order valence-electron chi connectivity index (χ0n) is 17.5. The van der Waals surface area contributed by atoms with Gasteiger partial charge < -0.3 is 10.2 Å². The highest BCUT2D eigenvalue weighted by atomic mass is 79.9. The zero-order chi connectivity index (χ0) is 22.1. The molecule has 7 heteroatoms. The van der Waals surface area contributed by atoms with Crippen LogP contribution in [0.4, 0.5) is 0 Å². The Morgan fingerprint density at radius 3 is 2.43 bits per heavy atom. The van der Waals surface area contributed by atoms with E-state index >= 15 is 0 Å². The summed E-state index contributed by atoms with van der Waals surface area (Å²) < 4.78 is 0.974. The largest absolute Gasteiger partial charge is 0.352 e. The third-order valence-electron chi connectivity index (χ3n) is 4.88. The predicted molar refractivity (Wildman–Crippen MR) is 130 cm³/mol. The normalized spacial score (nSPS) is 12.8. The minimum Gasteiger partial charge on any atom is -0.352 e. The van der Waals surface area contributed by atoms with Gasteiger partial charge in [0.2, 0.25) is 11.8 Å². The molecule has 0 saturated carbocycles. The van der Waals surface area contributed by atoms with Gasteiger partial charge in [-0.05, 0) is 49.6 Å². The van der Waals surface area contributed by atoms with Crippen molar-refractivity contribution in [1.82, 2.24) is 10.2 Å². The van der Waals surface area contributed by atoms with Gasteiger partial charge in [-0.25, -0.2) is 0 Å². The van der Waals surface area contributed by atoms with E-state index in [-0.39, 0.29) is 23.6 Å². The number of amides is 2. The van der Waals surface area contributed by atoms with Crippen LogP contribution in [-0.2, 0) is 21.9 Å². The van der Waals surface area contributed by atoms with Crippen LogP contribution in [0.2, 0.25) is 5.02 Å². The van der Waals surface area contributed by atoms with Crippen molar-refractivity contribution in [3.8, 4) is 0 Å². The van der Waals surface area contributed by atoms with Crippen molar-refractivity contribution in [2.45, 2.75) is 51.6 Å². The van der Waals surface area contributed by atoms with Crippen LogP contribution in [0.3, 0.4) is 0 Å². The van der Waals surface area contributed by atoms with Gasteiger partial charge in [0.1, 0.15) is 6.04 Å². The Labute approximate surface area is 196 Å². The highest BCUT2D eigenvalue weighted by Crippen LogP contribution is 2.22. The molecule has 0 fully saturated rings. The molecule has 2 atom stereocenters. The maximum atomic E-state index is 13.1. The van der Waals surface area contributed by atoms with Gasteiger partial charge in [-0.15, -0.1) is 11.8 Å². The monoisotopic (exact) mass is 510 g/mol. The summed E-state index contributed by atoms with van der Waals surface area (Å²) in [5.74, 6) is 0.723. The highest BCUT2D eigenvalue weighted by Gasteiger charge is 2.26. The lowest BCUT2D eigenvalue weighted by Gasteiger charge is -2.29. The van der Waals surface area contributed by atoms with Crippen molar-refractivity contribution < 1.29 is 9.59 Å². The van der Waals surface area contributed by atoms with Gasteiger partial charge in [-0.1, -0.05) is 64.8 Å². The van der Waals surface area contributed by atoms with E-state index in [4.69, 9.17) is 11.6 Å². The van der Waals surface area contributed by atoms with Crippen molar-refractivity contribution in [3.05, 3.63) is 69.2 Å². The Morgan fingerprint density at radius 1 is 1.13 bits per heavy atom. The van der Waals surface area contributed by atoms with Crippen LogP contribution in [0, 0.1) is 0 Å². The summed E-state index contributed by atoms with van der Waals surface area (Å²) in [5, 5.41) is 3.68. The third kappa shape index (κ3) is 7.64. The first-order valence-corrected chi connectivity index (χ1v) is 12.3. The number of hydrogen-bond acceptors (Lipinski definition) is 3. The molecular weight excluding hydrogens is 484 g/mol. The van der Waals surface area contributed by atoms with Crippen LogP contribution in [0.15, 0.2) is 53.0 Å². The van der Waals surface area contributed by atoms with E-state index in [2.05, 4.69) is 21.2 Å². The topological polar surface area (TPSA) is 49.4 Å². The first-order valence-electron chi connectivity index (χ1n) is 9.97. The van der Waals surface area contributed by atoms with Gasteiger partial charge >= 0.3 is 0 Å². The quantitative estimate of drug-likeness (QED) is 0.447. The third-order valence-corrected chi connectivity index (χ3v) is 6.74. The molecule has 0 aliphatic carbocycles. The Bertz CT molecular complexity index is 847. The fourth-order valence-electron chi connectivity index (χ4n) is 2.78. The smallest absolute Gasteiger partial charge is 0.242 e. The van der Waals surface area contributed by atoms with Crippen LogP contribution in [0.25, 0.3) is 0 Å². The molecule has 162 valence electrons. The van der Waals surface area contributed by atoms with Crippen molar-refractivity contribution in [3.63, 3.8) is 0 Å². The maximum Gasteiger partial charge on any atom is 0.242 e. The van der Waals surface area contributed by atoms with Crippen molar-refractivity contribution in [2.75, 3.05) is 5.75 Å². The molecule has 4 nitrogen and oxygen atoms in total. The summed E-state index contributed by atoms with van der Waals surface area (Å²) in [6.07, 6.45) is 0.840. The van der Waals surface area contributed by atoms with E-state index in [1.807, 2.05) is 62.4 Å². The number of rotatable bonds is 10. The SMILES string of the molecule is CCC(C)NC(=O)C(C)N(Cc1ccc(Br)cc1)C(=O)CSCc1ccccc1Cl. The van der Waals surface area contributed by atoms with Crippen molar-refractivity contribution in [1.29, 1.82) is 0 Å². The van der Waals surface area contributed by atoms with Crippen LogP contribution in [0.1, 0.15) is 38.3 Å². The van der Waals surface area contributed by atoms with E-state index in [0.29, 0.717) is 17.3 Å². The van der Waals surface area contributed by atoms with Gasteiger partial charge in [0, 0.05) is 27.8 Å². The minimum atomic E-state index is -0.559. The number of carbonyl (C=O) groups is 2. The van der Waals surface area contributed by atoms with Crippen molar-refractivity contribution >= 4 is 51.1 Å². The molecule has 2 amide bonds. The molecule has 0 heterocycles. The molecule has 2 rings (SSSR count). The van der Waals surface area contributed by atoms with Crippen molar-refractivity contribution in [2.24, 2.45) is 0 Å². The average molecular weight is 512 g/mol. The minimum absolute atomic E-state index is 0.0678. The molecule has 2 unspecified atom stereocenters. The van der Waals surface area contributed by atoms with E-state index in [9.17, 15) is 9.59 Å². The number of nitrogens with zero attached hydrogens (tertiary/aromatic N) is 1. The molecule has 0 aliphatic rings. The molecule has 0 bridgehead atoms. The molecule has 0 spiro atoms. The van der Waals surface area contributed by atoms with Gasteiger partial charge in [0.25, 0.3) is 0 Å². The van der Waals surface area contributed by atoms with E-state index in [1.54, 1.807) is 11.8 Å². The summed E-state index contributed by atoms with van der Waals surface area (Å²) in [5.41, 5.74) is 1.98. The Morgan fingerprint density at radius 2 is 1.80 bits per heavy atom. The number of nitrogens with one attached hydrogen (secondary N) is 1. The lowest BCUT2D eigenvalue weighted by atomic mass is 10.1. The molecule has 0 radical (unpaired) electrons. The second kappa shape index (κ2) is 12.4. The predicted octanol–water partition coefficient (Wildman–Crippen LogP) is 5.67. The standard InChI is InChI=1S/C23H28BrClN2O2S/c1-4-16(2)26-23(29)17(3)27(13-18-9-11-20(24)12-10-18)22(28)15-30-14-19-7-5-6-8-21(19)25/h5-12,16-17H,4,13-15H2,1-3H3,(H,26,29). The molecule has 0 aromatic heterocycles. The molecule has 0 aliphatic heterocycles. The van der Waals surface area contributed by atoms with Crippen LogP contribution in [-0.4, -0.2) is 34.6 Å². The summed E-state index contributed by atoms with van der Waals surface area (Å²) in [6.45, 7) is 6.15. The number of carbonyl (C=O) groups excluding carboxylic acids is 2. The van der Waals surface area contributed by atoms with Crippen LogP contribution < -0.4 is 5.32 Å². The highest BCUT2D eigenvalue weighted by molar-refractivity contribution is 9.10. The Balaban J connectivity index is 2.08. The molecular formula is C23H28BrClN2O2S. The first kappa shape index (κ1) is 24.8. The van der Waals surface area contributed by atoms with E-state index < -0.39 is 6.04 Å². The van der Waals surface area contributed by atoms with E-state index in [0.717, 1.165) is 22.0 Å².